The first-order valence-corrected chi connectivity index (χ1v) is 6.66. The van der Waals surface area contributed by atoms with Gasteiger partial charge in [-0.1, -0.05) is 26.0 Å². The number of anilines is 2. The van der Waals surface area contributed by atoms with E-state index in [1.165, 1.54) is 0 Å². The fraction of sp³-hybridized carbons (Fsp3) is 0.600. The molecule has 0 saturated heterocycles. The topological polar surface area (TPSA) is 41.3 Å². The number of para-hydroxylation sites is 1. The molecule has 1 rings (SSSR count). The van der Waals surface area contributed by atoms with E-state index < -0.39 is 0 Å². The second-order valence-electron chi connectivity index (χ2n) is 5.77. The van der Waals surface area contributed by atoms with Crippen molar-refractivity contribution in [3.63, 3.8) is 0 Å². The molecular weight excluding hydrogens is 222 g/mol. The fourth-order valence-corrected chi connectivity index (χ4v) is 2.22. The highest BCUT2D eigenvalue weighted by Gasteiger charge is 2.13. The van der Waals surface area contributed by atoms with Gasteiger partial charge in [-0.2, -0.15) is 0 Å². The Bertz CT molecular complexity index is 362. The zero-order valence-corrected chi connectivity index (χ0v) is 12.3. The molecule has 3 nitrogen and oxygen atoms in total. The smallest absolute Gasteiger partial charge is 0.0579 e. The monoisotopic (exact) mass is 249 g/mol. The lowest BCUT2D eigenvalue weighted by Gasteiger charge is -2.26. The molecule has 0 amide bonds. The summed E-state index contributed by atoms with van der Waals surface area (Å²) in [5, 5.41) is 3.58. The van der Waals surface area contributed by atoms with E-state index in [2.05, 4.69) is 50.3 Å². The highest BCUT2D eigenvalue weighted by Crippen LogP contribution is 2.23. The van der Waals surface area contributed by atoms with Crippen LogP contribution in [0.1, 0.15) is 25.8 Å². The van der Waals surface area contributed by atoms with Crippen molar-refractivity contribution in [1.82, 2.24) is 4.90 Å². The molecule has 0 aromatic heterocycles. The summed E-state index contributed by atoms with van der Waals surface area (Å²) in [5.74, 6) is 0.675. The van der Waals surface area contributed by atoms with Gasteiger partial charge in [-0.15, -0.1) is 0 Å². The summed E-state index contributed by atoms with van der Waals surface area (Å²) in [5.41, 5.74) is 9.17. The van der Waals surface area contributed by atoms with Crippen molar-refractivity contribution in [3.8, 4) is 0 Å². The maximum Gasteiger partial charge on any atom is 0.0579 e. The van der Waals surface area contributed by atoms with E-state index in [1.807, 2.05) is 13.0 Å². The maximum absolute atomic E-state index is 6.12. The maximum atomic E-state index is 6.12. The minimum absolute atomic E-state index is 0.434. The molecule has 3 heteroatoms. The van der Waals surface area contributed by atoms with E-state index in [4.69, 9.17) is 5.73 Å². The number of rotatable bonds is 6. The Balaban J connectivity index is 2.78. The van der Waals surface area contributed by atoms with Crippen LogP contribution in [0, 0.1) is 12.8 Å². The molecule has 0 heterocycles. The molecule has 18 heavy (non-hydrogen) atoms. The Hall–Kier alpha value is -1.22. The molecule has 0 spiro atoms. The van der Waals surface area contributed by atoms with E-state index in [0.717, 1.165) is 29.9 Å². The molecule has 0 saturated carbocycles. The number of nitrogens with one attached hydrogen (secondary N) is 1. The van der Waals surface area contributed by atoms with Gasteiger partial charge in [0.05, 0.1) is 11.4 Å². The van der Waals surface area contributed by atoms with E-state index >= 15 is 0 Å². The molecule has 0 aliphatic carbocycles. The van der Waals surface area contributed by atoms with Crippen LogP contribution in [0.2, 0.25) is 0 Å². The summed E-state index contributed by atoms with van der Waals surface area (Å²) in [6.45, 7) is 7.57. The third kappa shape index (κ3) is 4.57. The van der Waals surface area contributed by atoms with E-state index in [1.54, 1.807) is 0 Å². The average molecular weight is 249 g/mol. The summed E-state index contributed by atoms with van der Waals surface area (Å²) in [6.07, 6.45) is 1.14. The van der Waals surface area contributed by atoms with E-state index in [-0.39, 0.29) is 0 Å². The Morgan fingerprint density at radius 3 is 2.50 bits per heavy atom. The van der Waals surface area contributed by atoms with Crippen LogP contribution in [-0.4, -0.2) is 31.6 Å². The summed E-state index contributed by atoms with van der Waals surface area (Å²) in [7, 11) is 4.21. The number of hydrogen-bond acceptors (Lipinski definition) is 3. The molecule has 102 valence electrons. The average Bonchev–Trinajstić information content (AvgIpc) is 2.23. The lowest BCUT2D eigenvalue weighted by atomic mass is 10.0. The van der Waals surface area contributed by atoms with Gasteiger partial charge in [0, 0.05) is 12.6 Å². The van der Waals surface area contributed by atoms with Gasteiger partial charge in [0.15, 0.2) is 0 Å². The quantitative estimate of drug-likeness (QED) is 0.762. The van der Waals surface area contributed by atoms with Gasteiger partial charge in [-0.05, 0) is 45.0 Å². The van der Waals surface area contributed by atoms with Crippen LogP contribution in [0.4, 0.5) is 11.4 Å². The summed E-state index contributed by atoms with van der Waals surface area (Å²) in [6, 6.07) is 6.59. The molecule has 0 fully saturated rings. The highest BCUT2D eigenvalue weighted by molar-refractivity contribution is 5.69. The van der Waals surface area contributed by atoms with Crippen LogP contribution in [0.25, 0.3) is 0 Å². The Morgan fingerprint density at radius 1 is 1.28 bits per heavy atom. The van der Waals surface area contributed by atoms with Crippen molar-refractivity contribution in [2.75, 3.05) is 31.7 Å². The fourth-order valence-electron chi connectivity index (χ4n) is 2.22. The van der Waals surface area contributed by atoms with Gasteiger partial charge in [0.2, 0.25) is 0 Å². The zero-order chi connectivity index (χ0) is 13.7. The largest absolute Gasteiger partial charge is 0.397 e. The summed E-state index contributed by atoms with van der Waals surface area (Å²) < 4.78 is 0. The van der Waals surface area contributed by atoms with Crippen LogP contribution >= 0.6 is 0 Å². The van der Waals surface area contributed by atoms with Crippen LogP contribution < -0.4 is 11.1 Å². The van der Waals surface area contributed by atoms with Crippen molar-refractivity contribution >= 4 is 11.4 Å². The van der Waals surface area contributed by atoms with Gasteiger partial charge in [-0.25, -0.2) is 0 Å². The van der Waals surface area contributed by atoms with Crippen molar-refractivity contribution in [2.45, 2.75) is 33.2 Å². The summed E-state index contributed by atoms with van der Waals surface area (Å²) in [4.78, 5) is 2.21. The van der Waals surface area contributed by atoms with Gasteiger partial charge in [0.25, 0.3) is 0 Å². The summed E-state index contributed by atoms with van der Waals surface area (Å²) >= 11 is 0. The molecule has 0 bridgehead atoms. The van der Waals surface area contributed by atoms with E-state index in [0.29, 0.717) is 12.0 Å². The van der Waals surface area contributed by atoms with Crippen LogP contribution in [0.3, 0.4) is 0 Å². The van der Waals surface area contributed by atoms with Gasteiger partial charge < -0.3 is 16.0 Å². The van der Waals surface area contributed by atoms with Crippen molar-refractivity contribution in [2.24, 2.45) is 5.92 Å². The number of nitrogens with zero attached hydrogens (tertiary/aromatic N) is 1. The third-order valence-electron chi connectivity index (χ3n) is 3.03. The first-order chi connectivity index (χ1) is 8.40. The van der Waals surface area contributed by atoms with Gasteiger partial charge in [-0.3, -0.25) is 0 Å². The first kappa shape index (κ1) is 14.8. The van der Waals surface area contributed by atoms with Crippen molar-refractivity contribution in [3.05, 3.63) is 23.8 Å². The number of aryl methyl sites for hydroxylation is 1. The molecule has 1 aromatic rings. The van der Waals surface area contributed by atoms with Crippen molar-refractivity contribution in [1.29, 1.82) is 0 Å². The zero-order valence-electron chi connectivity index (χ0n) is 12.3. The molecule has 1 unspecified atom stereocenters. The molecule has 1 aromatic carbocycles. The predicted octanol–water partition coefficient (Wildman–Crippen LogP) is 2.97. The molecule has 1 atom stereocenters. The van der Waals surface area contributed by atoms with Gasteiger partial charge in [0.1, 0.15) is 0 Å². The number of nitrogens with two attached hydrogens (primary N) is 1. The third-order valence-corrected chi connectivity index (χ3v) is 3.03. The number of likely N-dealkylation sites (N-methyl/N-ethyl adjacent to an activating group) is 1. The number of hydrogen-bond donors (Lipinski definition) is 2. The SMILES string of the molecule is Cc1cccc(NC(CC(C)C)CN(C)C)c1N. The molecule has 0 aliphatic rings. The number of benzene rings is 1. The van der Waals surface area contributed by atoms with E-state index in [9.17, 15) is 0 Å². The van der Waals surface area contributed by atoms with Crippen LogP contribution in [0.5, 0.6) is 0 Å². The Morgan fingerprint density at radius 2 is 1.94 bits per heavy atom. The molecule has 3 N–H and O–H groups in total. The van der Waals surface area contributed by atoms with Crippen molar-refractivity contribution < 1.29 is 0 Å². The standard InChI is InChI=1S/C15H27N3/c1-11(2)9-13(10-18(4)5)17-14-8-6-7-12(3)15(14)16/h6-8,11,13,17H,9-10,16H2,1-5H3. The highest BCUT2D eigenvalue weighted by atomic mass is 15.1. The number of nitrogen functional groups attached to an aromatic ring is 1. The Labute approximate surface area is 111 Å². The van der Waals surface area contributed by atoms with Gasteiger partial charge >= 0.3 is 0 Å². The molecular formula is C15H27N3. The minimum atomic E-state index is 0.434. The minimum Gasteiger partial charge on any atom is -0.397 e. The molecule has 0 radical (unpaired) electrons. The second-order valence-corrected chi connectivity index (χ2v) is 5.77. The molecule has 0 aliphatic heterocycles. The first-order valence-electron chi connectivity index (χ1n) is 6.66. The predicted molar refractivity (Wildman–Crippen MR) is 81.0 cm³/mol. The lowest BCUT2D eigenvalue weighted by Crippen LogP contribution is -2.33. The van der Waals surface area contributed by atoms with Crippen LogP contribution in [-0.2, 0) is 0 Å². The normalized spacial score (nSPS) is 13.1. The van der Waals surface area contributed by atoms with Crippen LogP contribution in [0.15, 0.2) is 18.2 Å². The lowest BCUT2D eigenvalue weighted by molar-refractivity contribution is 0.356. The Kier molecular flexibility index (Phi) is 5.48. The second kappa shape index (κ2) is 6.64.